The molecule has 1 N–H and O–H groups in total. The van der Waals surface area contributed by atoms with E-state index in [1.807, 2.05) is 13.8 Å². The minimum Gasteiger partial charge on any atom is -0.310 e. The minimum absolute atomic E-state index is 0.151. The SMILES string of the molecule is CCN1CCN(CC(=O)Nc2c(C#N)c(C)c(C)n2-c2ccc(F)cc2)CC1. The smallest absolute Gasteiger partial charge is 0.239 e. The third kappa shape index (κ3) is 4.08. The summed E-state index contributed by atoms with van der Waals surface area (Å²) in [7, 11) is 0. The van der Waals surface area contributed by atoms with Crippen LogP contribution in [0, 0.1) is 31.0 Å². The van der Waals surface area contributed by atoms with Crippen LogP contribution in [0.5, 0.6) is 0 Å². The molecule has 0 bridgehead atoms. The van der Waals surface area contributed by atoms with Gasteiger partial charge in [0.25, 0.3) is 0 Å². The summed E-state index contributed by atoms with van der Waals surface area (Å²) in [5.41, 5.74) is 2.79. The van der Waals surface area contributed by atoms with Crippen molar-refractivity contribution < 1.29 is 9.18 Å². The molecule has 1 amide bonds. The van der Waals surface area contributed by atoms with E-state index in [9.17, 15) is 14.4 Å². The number of hydrogen-bond acceptors (Lipinski definition) is 4. The third-order valence-electron chi connectivity index (χ3n) is 5.45. The molecule has 28 heavy (non-hydrogen) atoms. The fourth-order valence-corrected chi connectivity index (χ4v) is 3.61. The van der Waals surface area contributed by atoms with Gasteiger partial charge in [-0.3, -0.25) is 14.3 Å². The Labute approximate surface area is 165 Å². The molecule has 2 heterocycles. The second-order valence-corrected chi connectivity index (χ2v) is 7.12. The molecule has 0 atom stereocenters. The monoisotopic (exact) mass is 383 g/mol. The predicted molar refractivity (Wildman–Crippen MR) is 107 cm³/mol. The summed E-state index contributed by atoms with van der Waals surface area (Å²) in [5, 5.41) is 12.6. The number of aromatic nitrogens is 1. The highest BCUT2D eigenvalue weighted by molar-refractivity contribution is 5.93. The molecule has 1 saturated heterocycles. The lowest BCUT2D eigenvalue weighted by molar-refractivity contribution is -0.117. The van der Waals surface area contributed by atoms with Gasteiger partial charge in [0.1, 0.15) is 17.7 Å². The Morgan fingerprint density at radius 2 is 1.75 bits per heavy atom. The molecule has 148 valence electrons. The molecule has 1 aliphatic rings. The Hall–Kier alpha value is -2.69. The highest BCUT2D eigenvalue weighted by Gasteiger charge is 2.23. The van der Waals surface area contributed by atoms with Crippen molar-refractivity contribution >= 4 is 11.7 Å². The van der Waals surface area contributed by atoms with Gasteiger partial charge in [-0.25, -0.2) is 4.39 Å². The molecule has 0 aliphatic carbocycles. The van der Waals surface area contributed by atoms with Crippen molar-refractivity contribution in [2.75, 3.05) is 44.6 Å². The number of anilines is 1. The van der Waals surface area contributed by atoms with Crippen molar-refractivity contribution in [3.05, 3.63) is 46.9 Å². The number of hydrogen-bond donors (Lipinski definition) is 1. The van der Waals surface area contributed by atoms with Crippen LogP contribution in [0.1, 0.15) is 23.7 Å². The second kappa shape index (κ2) is 8.55. The predicted octanol–water partition coefficient (Wildman–Crippen LogP) is 2.68. The molecule has 3 rings (SSSR count). The van der Waals surface area contributed by atoms with E-state index in [-0.39, 0.29) is 18.3 Å². The number of rotatable bonds is 5. The maximum Gasteiger partial charge on any atom is 0.239 e. The van der Waals surface area contributed by atoms with E-state index in [4.69, 9.17) is 0 Å². The topological polar surface area (TPSA) is 64.3 Å². The van der Waals surface area contributed by atoms with E-state index in [1.165, 1.54) is 12.1 Å². The van der Waals surface area contributed by atoms with Gasteiger partial charge in [0.15, 0.2) is 0 Å². The summed E-state index contributed by atoms with van der Waals surface area (Å²) in [6, 6.07) is 8.22. The number of nitrogens with zero attached hydrogens (tertiary/aromatic N) is 4. The Kier molecular flexibility index (Phi) is 6.12. The number of piperazine rings is 1. The number of benzene rings is 1. The van der Waals surface area contributed by atoms with Gasteiger partial charge in [0, 0.05) is 37.6 Å². The van der Waals surface area contributed by atoms with Crippen molar-refractivity contribution in [3.63, 3.8) is 0 Å². The zero-order valence-electron chi connectivity index (χ0n) is 16.6. The summed E-state index contributed by atoms with van der Waals surface area (Å²) in [5.74, 6) is -0.0359. The van der Waals surface area contributed by atoms with Crippen LogP contribution >= 0.6 is 0 Å². The molecular weight excluding hydrogens is 357 g/mol. The molecule has 1 aliphatic heterocycles. The van der Waals surface area contributed by atoms with Gasteiger partial charge in [0.05, 0.1) is 12.1 Å². The van der Waals surface area contributed by atoms with Crippen molar-refractivity contribution in [2.24, 2.45) is 0 Å². The zero-order chi connectivity index (χ0) is 20.3. The van der Waals surface area contributed by atoms with Crippen molar-refractivity contribution in [2.45, 2.75) is 20.8 Å². The lowest BCUT2D eigenvalue weighted by Crippen LogP contribution is -2.48. The Morgan fingerprint density at radius 3 is 2.32 bits per heavy atom. The maximum atomic E-state index is 13.3. The standard InChI is InChI=1S/C21H26FN5O/c1-4-25-9-11-26(12-10-25)14-20(28)24-21-19(13-23)15(2)16(3)27(21)18-7-5-17(22)6-8-18/h5-8H,4,9-12,14H2,1-3H3,(H,24,28). The fourth-order valence-electron chi connectivity index (χ4n) is 3.61. The first-order valence-corrected chi connectivity index (χ1v) is 9.57. The normalized spacial score (nSPS) is 15.4. The summed E-state index contributed by atoms with van der Waals surface area (Å²) < 4.78 is 15.1. The Morgan fingerprint density at radius 1 is 1.14 bits per heavy atom. The summed E-state index contributed by atoms with van der Waals surface area (Å²) in [6.45, 7) is 10.8. The van der Waals surface area contributed by atoms with E-state index < -0.39 is 0 Å². The average Bonchev–Trinajstić information content (AvgIpc) is 2.92. The lowest BCUT2D eigenvalue weighted by Gasteiger charge is -2.33. The van der Waals surface area contributed by atoms with E-state index in [1.54, 1.807) is 16.7 Å². The highest BCUT2D eigenvalue weighted by Crippen LogP contribution is 2.30. The van der Waals surface area contributed by atoms with E-state index in [0.717, 1.165) is 44.0 Å². The number of amides is 1. The average molecular weight is 383 g/mol. The van der Waals surface area contributed by atoms with Crippen LogP contribution in [0.2, 0.25) is 0 Å². The molecule has 0 unspecified atom stereocenters. The van der Waals surface area contributed by atoms with Crippen LogP contribution in [-0.2, 0) is 4.79 Å². The van der Waals surface area contributed by atoms with Crippen molar-refractivity contribution in [3.8, 4) is 11.8 Å². The molecular formula is C21H26FN5O. The van der Waals surface area contributed by atoms with Crippen LogP contribution in [0.3, 0.4) is 0 Å². The first-order chi connectivity index (χ1) is 13.4. The van der Waals surface area contributed by atoms with Gasteiger partial charge in [-0.05, 0) is 50.2 Å². The molecule has 7 heteroatoms. The molecule has 0 radical (unpaired) electrons. The van der Waals surface area contributed by atoms with Gasteiger partial charge in [-0.1, -0.05) is 6.92 Å². The molecule has 0 spiro atoms. The Bertz CT molecular complexity index is 889. The third-order valence-corrected chi connectivity index (χ3v) is 5.45. The largest absolute Gasteiger partial charge is 0.310 e. The van der Waals surface area contributed by atoms with Crippen LogP contribution < -0.4 is 5.32 Å². The molecule has 6 nitrogen and oxygen atoms in total. The lowest BCUT2D eigenvalue weighted by atomic mass is 10.2. The van der Waals surface area contributed by atoms with Gasteiger partial charge >= 0.3 is 0 Å². The second-order valence-electron chi connectivity index (χ2n) is 7.12. The molecule has 1 aromatic heterocycles. The number of nitriles is 1. The van der Waals surface area contributed by atoms with Gasteiger partial charge in [-0.15, -0.1) is 0 Å². The highest BCUT2D eigenvalue weighted by atomic mass is 19.1. The van der Waals surface area contributed by atoms with Crippen molar-refractivity contribution in [1.82, 2.24) is 14.4 Å². The van der Waals surface area contributed by atoms with Crippen LogP contribution in [0.15, 0.2) is 24.3 Å². The number of likely N-dealkylation sites (N-methyl/N-ethyl adjacent to an activating group) is 1. The summed E-state index contributed by atoms with van der Waals surface area (Å²) >= 11 is 0. The Balaban J connectivity index is 1.83. The van der Waals surface area contributed by atoms with Crippen LogP contribution in [-0.4, -0.2) is 59.5 Å². The van der Waals surface area contributed by atoms with E-state index in [2.05, 4.69) is 28.1 Å². The quantitative estimate of drug-likeness (QED) is 0.862. The zero-order valence-corrected chi connectivity index (χ0v) is 16.6. The number of halogens is 1. The van der Waals surface area contributed by atoms with Gasteiger partial charge in [-0.2, -0.15) is 5.26 Å². The van der Waals surface area contributed by atoms with Crippen LogP contribution in [0.4, 0.5) is 10.2 Å². The fraction of sp³-hybridized carbons (Fsp3) is 0.429. The molecule has 0 saturated carbocycles. The molecule has 2 aromatic rings. The van der Waals surface area contributed by atoms with E-state index in [0.29, 0.717) is 17.1 Å². The summed E-state index contributed by atoms with van der Waals surface area (Å²) in [4.78, 5) is 17.2. The summed E-state index contributed by atoms with van der Waals surface area (Å²) in [6.07, 6.45) is 0. The van der Waals surface area contributed by atoms with Gasteiger partial charge < -0.3 is 10.2 Å². The first kappa shape index (κ1) is 20.1. The van der Waals surface area contributed by atoms with Crippen molar-refractivity contribution in [1.29, 1.82) is 5.26 Å². The number of carbonyl (C=O) groups excluding carboxylic acids is 1. The first-order valence-electron chi connectivity index (χ1n) is 9.57. The molecule has 1 aromatic carbocycles. The minimum atomic E-state index is -0.331. The molecule has 1 fully saturated rings. The van der Waals surface area contributed by atoms with E-state index >= 15 is 0 Å². The number of carbonyl (C=O) groups is 1. The number of nitrogens with one attached hydrogen (secondary N) is 1. The maximum absolute atomic E-state index is 13.3. The van der Waals surface area contributed by atoms with Gasteiger partial charge in [0.2, 0.25) is 5.91 Å². The van der Waals surface area contributed by atoms with Crippen LogP contribution in [0.25, 0.3) is 5.69 Å².